The first kappa shape index (κ1) is 15.9. The third kappa shape index (κ3) is 7.76. The van der Waals surface area contributed by atoms with Crippen LogP contribution in [0, 0.1) is 23.2 Å². The SMILES string of the molecule is CC(C)OCCCCNC(=O)C(C#N)C(C)C. The standard InChI is InChI=1S/C13H24N2O2/c1-10(2)12(9-14)13(16)15-7-5-6-8-17-11(3)4/h10-12H,5-8H2,1-4H3,(H,15,16). The Balaban J connectivity index is 3.61. The van der Waals surface area contributed by atoms with Crippen LogP contribution in [0.1, 0.15) is 40.5 Å². The zero-order valence-corrected chi connectivity index (χ0v) is 11.3. The van der Waals surface area contributed by atoms with E-state index in [1.807, 2.05) is 33.8 Å². The van der Waals surface area contributed by atoms with Gasteiger partial charge in [0.1, 0.15) is 5.92 Å². The van der Waals surface area contributed by atoms with E-state index in [1.165, 1.54) is 0 Å². The van der Waals surface area contributed by atoms with Gasteiger partial charge in [-0.15, -0.1) is 0 Å². The summed E-state index contributed by atoms with van der Waals surface area (Å²) in [6.45, 7) is 9.10. The van der Waals surface area contributed by atoms with E-state index in [2.05, 4.69) is 5.32 Å². The summed E-state index contributed by atoms with van der Waals surface area (Å²) < 4.78 is 5.39. The summed E-state index contributed by atoms with van der Waals surface area (Å²) in [7, 11) is 0. The van der Waals surface area contributed by atoms with Crippen molar-refractivity contribution in [3.8, 4) is 6.07 Å². The van der Waals surface area contributed by atoms with Crippen LogP contribution in [-0.2, 0) is 9.53 Å². The summed E-state index contributed by atoms with van der Waals surface area (Å²) in [6, 6.07) is 2.03. The summed E-state index contributed by atoms with van der Waals surface area (Å²) in [5, 5.41) is 11.6. The number of nitriles is 1. The van der Waals surface area contributed by atoms with Crippen molar-refractivity contribution in [2.24, 2.45) is 11.8 Å². The van der Waals surface area contributed by atoms with E-state index in [0.717, 1.165) is 19.4 Å². The molecule has 17 heavy (non-hydrogen) atoms. The third-order valence-electron chi connectivity index (χ3n) is 2.41. The zero-order valence-electron chi connectivity index (χ0n) is 11.3. The molecule has 0 aliphatic rings. The van der Waals surface area contributed by atoms with Gasteiger partial charge in [-0.1, -0.05) is 13.8 Å². The molecule has 4 nitrogen and oxygen atoms in total. The maximum atomic E-state index is 11.6. The molecule has 0 aromatic heterocycles. The van der Waals surface area contributed by atoms with E-state index in [4.69, 9.17) is 10.00 Å². The molecular weight excluding hydrogens is 216 g/mol. The Morgan fingerprint density at radius 2 is 1.94 bits per heavy atom. The van der Waals surface area contributed by atoms with Gasteiger partial charge in [-0.3, -0.25) is 4.79 Å². The number of ether oxygens (including phenoxy) is 1. The van der Waals surface area contributed by atoms with Gasteiger partial charge in [0.05, 0.1) is 12.2 Å². The van der Waals surface area contributed by atoms with Gasteiger partial charge in [0.25, 0.3) is 0 Å². The molecule has 0 radical (unpaired) electrons. The summed E-state index contributed by atoms with van der Waals surface area (Å²) in [5.74, 6) is -0.640. The Labute approximate surface area is 104 Å². The molecule has 0 aliphatic heterocycles. The molecule has 1 atom stereocenters. The second-order valence-electron chi connectivity index (χ2n) is 4.77. The van der Waals surface area contributed by atoms with Crippen LogP contribution in [0.5, 0.6) is 0 Å². The lowest BCUT2D eigenvalue weighted by Gasteiger charge is -2.13. The average molecular weight is 240 g/mol. The topological polar surface area (TPSA) is 62.1 Å². The van der Waals surface area contributed by atoms with Crippen LogP contribution in [0.3, 0.4) is 0 Å². The number of rotatable bonds is 8. The first-order valence-electron chi connectivity index (χ1n) is 6.28. The molecular formula is C13H24N2O2. The summed E-state index contributed by atoms with van der Waals surface area (Å²) in [6.07, 6.45) is 2.07. The number of unbranched alkanes of at least 4 members (excludes halogenated alkanes) is 1. The van der Waals surface area contributed by atoms with Crippen LogP contribution in [0.15, 0.2) is 0 Å². The van der Waals surface area contributed by atoms with E-state index >= 15 is 0 Å². The molecule has 98 valence electrons. The molecule has 0 rings (SSSR count). The monoisotopic (exact) mass is 240 g/mol. The maximum Gasteiger partial charge on any atom is 0.237 e. The van der Waals surface area contributed by atoms with Crippen molar-refractivity contribution in [2.45, 2.75) is 46.6 Å². The van der Waals surface area contributed by atoms with Crippen molar-refractivity contribution in [1.82, 2.24) is 5.32 Å². The lowest BCUT2D eigenvalue weighted by atomic mass is 9.97. The Bertz CT molecular complexity index is 257. The molecule has 0 saturated heterocycles. The molecule has 0 heterocycles. The highest BCUT2D eigenvalue weighted by atomic mass is 16.5. The van der Waals surface area contributed by atoms with Crippen LogP contribution in [0.2, 0.25) is 0 Å². The lowest BCUT2D eigenvalue weighted by Crippen LogP contribution is -2.33. The van der Waals surface area contributed by atoms with Crippen molar-refractivity contribution in [2.75, 3.05) is 13.2 Å². The predicted molar refractivity (Wildman–Crippen MR) is 67.3 cm³/mol. The number of carbonyl (C=O) groups is 1. The smallest absolute Gasteiger partial charge is 0.237 e. The number of amides is 1. The number of hydrogen-bond donors (Lipinski definition) is 1. The van der Waals surface area contributed by atoms with E-state index in [9.17, 15) is 4.79 Å². The van der Waals surface area contributed by atoms with Gasteiger partial charge in [-0.2, -0.15) is 5.26 Å². The highest BCUT2D eigenvalue weighted by Crippen LogP contribution is 2.09. The molecule has 1 N–H and O–H groups in total. The van der Waals surface area contributed by atoms with Crippen molar-refractivity contribution in [3.05, 3.63) is 0 Å². The molecule has 0 spiro atoms. The fourth-order valence-electron chi connectivity index (χ4n) is 1.38. The molecule has 0 bridgehead atoms. The quantitative estimate of drug-likeness (QED) is 0.661. The molecule has 0 saturated carbocycles. The molecule has 1 unspecified atom stereocenters. The summed E-state index contributed by atoms with van der Waals surface area (Å²) in [5.41, 5.74) is 0. The minimum atomic E-state index is -0.540. The van der Waals surface area contributed by atoms with E-state index in [-0.39, 0.29) is 17.9 Å². The fraction of sp³-hybridized carbons (Fsp3) is 0.846. The Morgan fingerprint density at radius 1 is 1.29 bits per heavy atom. The maximum absolute atomic E-state index is 11.6. The van der Waals surface area contributed by atoms with Crippen LogP contribution in [0.4, 0.5) is 0 Å². The van der Waals surface area contributed by atoms with Crippen molar-refractivity contribution in [3.63, 3.8) is 0 Å². The molecule has 1 amide bonds. The van der Waals surface area contributed by atoms with Crippen molar-refractivity contribution < 1.29 is 9.53 Å². The van der Waals surface area contributed by atoms with Gasteiger partial charge in [-0.25, -0.2) is 0 Å². The molecule has 0 aromatic carbocycles. The Hall–Kier alpha value is -1.08. The highest BCUT2D eigenvalue weighted by molar-refractivity contribution is 5.81. The van der Waals surface area contributed by atoms with Crippen LogP contribution in [-0.4, -0.2) is 25.2 Å². The highest BCUT2D eigenvalue weighted by Gasteiger charge is 2.20. The summed E-state index contributed by atoms with van der Waals surface area (Å²) in [4.78, 5) is 11.6. The Morgan fingerprint density at radius 3 is 2.41 bits per heavy atom. The minimum absolute atomic E-state index is 0.0595. The average Bonchev–Trinajstić information content (AvgIpc) is 2.23. The Kier molecular flexibility index (Phi) is 8.43. The van der Waals surface area contributed by atoms with E-state index in [0.29, 0.717) is 6.54 Å². The van der Waals surface area contributed by atoms with Gasteiger partial charge in [0.2, 0.25) is 5.91 Å². The lowest BCUT2D eigenvalue weighted by molar-refractivity contribution is -0.124. The molecule has 4 heteroatoms. The number of nitrogens with one attached hydrogen (secondary N) is 1. The van der Waals surface area contributed by atoms with Crippen LogP contribution >= 0.6 is 0 Å². The van der Waals surface area contributed by atoms with Crippen LogP contribution < -0.4 is 5.32 Å². The number of nitrogens with zero attached hydrogens (tertiary/aromatic N) is 1. The van der Waals surface area contributed by atoms with E-state index < -0.39 is 5.92 Å². The molecule has 0 aromatic rings. The van der Waals surface area contributed by atoms with Gasteiger partial charge in [-0.05, 0) is 32.6 Å². The zero-order chi connectivity index (χ0) is 13.3. The predicted octanol–water partition coefficient (Wildman–Crippen LogP) is 2.10. The number of hydrogen-bond acceptors (Lipinski definition) is 3. The molecule has 0 aliphatic carbocycles. The van der Waals surface area contributed by atoms with E-state index in [1.54, 1.807) is 0 Å². The number of carbonyl (C=O) groups excluding carboxylic acids is 1. The van der Waals surface area contributed by atoms with Gasteiger partial charge in [0.15, 0.2) is 0 Å². The van der Waals surface area contributed by atoms with Gasteiger partial charge < -0.3 is 10.1 Å². The second kappa shape index (κ2) is 9.00. The third-order valence-corrected chi connectivity index (χ3v) is 2.41. The fourth-order valence-corrected chi connectivity index (χ4v) is 1.38. The van der Waals surface area contributed by atoms with Crippen LogP contribution in [0.25, 0.3) is 0 Å². The first-order chi connectivity index (χ1) is 7.99. The van der Waals surface area contributed by atoms with Crippen molar-refractivity contribution >= 4 is 5.91 Å². The second-order valence-corrected chi connectivity index (χ2v) is 4.77. The normalized spacial score (nSPS) is 12.5. The van der Waals surface area contributed by atoms with Gasteiger partial charge >= 0.3 is 0 Å². The first-order valence-corrected chi connectivity index (χ1v) is 6.28. The largest absolute Gasteiger partial charge is 0.379 e. The van der Waals surface area contributed by atoms with Crippen molar-refractivity contribution in [1.29, 1.82) is 5.26 Å². The molecule has 0 fully saturated rings. The summed E-state index contributed by atoms with van der Waals surface area (Å²) >= 11 is 0. The minimum Gasteiger partial charge on any atom is -0.379 e. The van der Waals surface area contributed by atoms with Gasteiger partial charge in [0, 0.05) is 13.2 Å².